The Morgan fingerprint density at radius 1 is 1.29 bits per heavy atom. The predicted molar refractivity (Wildman–Crippen MR) is 66.5 cm³/mol. The van der Waals surface area contributed by atoms with E-state index in [1.807, 2.05) is 23.6 Å². The molecule has 0 unspecified atom stereocenters. The Morgan fingerprint density at radius 3 is 2.94 bits per heavy atom. The molecule has 0 saturated carbocycles. The Labute approximate surface area is 104 Å². The van der Waals surface area contributed by atoms with Crippen LogP contribution >= 0.6 is 11.3 Å². The number of hydrogen-bond acceptors (Lipinski definition) is 4. The van der Waals surface area contributed by atoms with Gasteiger partial charge in [-0.15, -0.1) is 11.3 Å². The number of carbonyl (C=O) groups is 1. The summed E-state index contributed by atoms with van der Waals surface area (Å²) in [6.45, 7) is 0.513. The lowest BCUT2D eigenvalue weighted by atomic mass is 10.2. The highest BCUT2D eigenvalue weighted by Gasteiger charge is 2.03. The Balaban J connectivity index is 1.71. The molecule has 2 heterocycles. The Morgan fingerprint density at radius 2 is 2.24 bits per heavy atom. The van der Waals surface area contributed by atoms with Crippen LogP contribution in [0.5, 0.6) is 0 Å². The summed E-state index contributed by atoms with van der Waals surface area (Å²) in [6.07, 6.45) is 4.61. The number of carbonyl (C=O) groups excluding carboxylic acids is 1. The fourth-order valence-electron chi connectivity index (χ4n) is 1.39. The minimum Gasteiger partial charge on any atom is -0.350 e. The number of thiazole rings is 1. The van der Waals surface area contributed by atoms with Crippen molar-refractivity contribution in [2.75, 3.05) is 0 Å². The first-order valence-electron chi connectivity index (χ1n) is 5.39. The molecule has 1 N–H and O–H groups in total. The summed E-state index contributed by atoms with van der Waals surface area (Å²) in [5.41, 5.74) is 0.942. The number of pyridine rings is 1. The largest absolute Gasteiger partial charge is 0.350 e. The van der Waals surface area contributed by atoms with Crippen LogP contribution in [-0.2, 0) is 17.8 Å². The molecule has 0 fully saturated rings. The fourth-order valence-corrected chi connectivity index (χ4v) is 1.95. The normalized spacial score (nSPS) is 10.1. The Bertz CT molecular complexity index is 456. The number of amides is 1. The standard InChI is InChI=1S/C12H13N3OS/c16-11(15-9-12-14-7-8-17-12)5-4-10-3-1-2-6-13-10/h1-3,6-8H,4-5,9H2,(H,15,16). The highest BCUT2D eigenvalue weighted by molar-refractivity contribution is 7.09. The molecule has 2 rings (SSSR count). The van der Waals surface area contributed by atoms with Crippen molar-refractivity contribution in [2.45, 2.75) is 19.4 Å². The smallest absolute Gasteiger partial charge is 0.220 e. The zero-order valence-corrected chi connectivity index (χ0v) is 10.1. The molecule has 5 heteroatoms. The number of nitrogens with one attached hydrogen (secondary N) is 1. The van der Waals surface area contributed by atoms with Crippen LogP contribution in [0.3, 0.4) is 0 Å². The van der Waals surface area contributed by atoms with Gasteiger partial charge in [0.05, 0.1) is 6.54 Å². The third-order valence-electron chi connectivity index (χ3n) is 2.25. The lowest BCUT2D eigenvalue weighted by Crippen LogP contribution is -2.22. The van der Waals surface area contributed by atoms with E-state index in [1.54, 1.807) is 23.7 Å². The van der Waals surface area contributed by atoms with E-state index in [-0.39, 0.29) is 5.91 Å². The van der Waals surface area contributed by atoms with Crippen LogP contribution < -0.4 is 5.32 Å². The van der Waals surface area contributed by atoms with Crippen LogP contribution in [0.2, 0.25) is 0 Å². The molecule has 17 heavy (non-hydrogen) atoms. The summed E-state index contributed by atoms with van der Waals surface area (Å²) in [7, 11) is 0. The molecule has 0 bridgehead atoms. The summed E-state index contributed by atoms with van der Waals surface area (Å²) < 4.78 is 0. The number of nitrogens with zero attached hydrogens (tertiary/aromatic N) is 2. The van der Waals surface area contributed by atoms with Crippen LogP contribution in [-0.4, -0.2) is 15.9 Å². The van der Waals surface area contributed by atoms with Crippen LogP contribution in [0.15, 0.2) is 36.0 Å². The van der Waals surface area contributed by atoms with Crippen molar-refractivity contribution in [3.8, 4) is 0 Å². The van der Waals surface area contributed by atoms with Crippen molar-refractivity contribution in [1.82, 2.24) is 15.3 Å². The second-order valence-electron chi connectivity index (χ2n) is 3.52. The molecular formula is C12H13N3OS. The maximum absolute atomic E-state index is 11.5. The topological polar surface area (TPSA) is 54.9 Å². The molecule has 0 radical (unpaired) electrons. The first-order valence-corrected chi connectivity index (χ1v) is 6.27. The van der Waals surface area contributed by atoms with Gasteiger partial charge in [-0.05, 0) is 18.6 Å². The van der Waals surface area contributed by atoms with Gasteiger partial charge in [0, 0.05) is 29.9 Å². The maximum Gasteiger partial charge on any atom is 0.220 e. The van der Waals surface area contributed by atoms with Crippen molar-refractivity contribution in [3.63, 3.8) is 0 Å². The molecular weight excluding hydrogens is 234 g/mol. The third-order valence-corrected chi connectivity index (χ3v) is 3.03. The number of rotatable bonds is 5. The van der Waals surface area contributed by atoms with Gasteiger partial charge in [0.1, 0.15) is 5.01 Å². The van der Waals surface area contributed by atoms with Gasteiger partial charge in [-0.2, -0.15) is 0 Å². The van der Waals surface area contributed by atoms with E-state index >= 15 is 0 Å². The van der Waals surface area contributed by atoms with E-state index in [0.29, 0.717) is 19.4 Å². The lowest BCUT2D eigenvalue weighted by molar-refractivity contribution is -0.121. The maximum atomic E-state index is 11.5. The molecule has 0 aliphatic rings. The first kappa shape index (κ1) is 11.7. The number of aromatic nitrogens is 2. The molecule has 2 aromatic heterocycles. The second-order valence-corrected chi connectivity index (χ2v) is 4.50. The quantitative estimate of drug-likeness (QED) is 0.876. The van der Waals surface area contributed by atoms with Gasteiger partial charge in [0.15, 0.2) is 0 Å². The first-order chi connectivity index (χ1) is 8.34. The van der Waals surface area contributed by atoms with Gasteiger partial charge >= 0.3 is 0 Å². The molecule has 0 aliphatic heterocycles. The molecule has 88 valence electrons. The average Bonchev–Trinajstić information content (AvgIpc) is 2.88. The van der Waals surface area contributed by atoms with Crippen molar-refractivity contribution in [3.05, 3.63) is 46.7 Å². The van der Waals surface area contributed by atoms with Crippen LogP contribution in [0.25, 0.3) is 0 Å². The molecule has 1 amide bonds. The summed E-state index contributed by atoms with van der Waals surface area (Å²) in [5, 5.41) is 5.66. The zero-order chi connectivity index (χ0) is 11.9. The summed E-state index contributed by atoms with van der Waals surface area (Å²) in [5.74, 6) is 0.0332. The van der Waals surface area contributed by atoms with Crippen LogP contribution in [0.1, 0.15) is 17.1 Å². The monoisotopic (exact) mass is 247 g/mol. The molecule has 4 nitrogen and oxygen atoms in total. The van der Waals surface area contributed by atoms with E-state index < -0.39 is 0 Å². The lowest BCUT2D eigenvalue weighted by Gasteiger charge is -2.02. The highest BCUT2D eigenvalue weighted by atomic mass is 32.1. The molecule has 0 saturated heterocycles. The second kappa shape index (κ2) is 6.10. The molecule has 0 spiro atoms. The van der Waals surface area contributed by atoms with Crippen molar-refractivity contribution >= 4 is 17.2 Å². The SMILES string of the molecule is O=C(CCc1ccccn1)NCc1nccs1. The highest BCUT2D eigenvalue weighted by Crippen LogP contribution is 2.03. The summed E-state index contributed by atoms with van der Waals surface area (Å²) in [6, 6.07) is 5.72. The van der Waals surface area contributed by atoms with E-state index in [9.17, 15) is 4.79 Å². The summed E-state index contributed by atoms with van der Waals surface area (Å²) in [4.78, 5) is 19.8. The predicted octanol–water partition coefficient (Wildman–Crippen LogP) is 1.79. The van der Waals surface area contributed by atoms with Gasteiger partial charge in [-0.25, -0.2) is 4.98 Å². The van der Waals surface area contributed by atoms with Gasteiger partial charge in [-0.3, -0.25) is 9.78 Å². The van der Waals surface area contributed by atoms with E-state index in [1.165, 1.54) is 0 Å². The van der Waals surface area contributed by atoms with Gasteiger partial charge in [-0.1, -0.05) is 6.07 Å². The Hall–Kier alpha value is -1.75. The number of aryl methyl sites for hydroxylation is 1. The van der Waals surface area contributed by atoms with E-state index in [2.05, 4.69) is 15.3 Å². The molecule has 0 aromatic carbocycles. The minimum absolute atomic E-state index is 0.0332. The van der Waals surface area contributed by atoms with E-state index in [4.69, 9.17) is 0 Å². The fraction of sp³-hybridized carbons (Fsp3) is 0.250. The van der Waals surface area contributed by atoms with Crippen molar-refractivity contribution < 1.29 is 4.79 Å². The van der Waals surface area contributed by atoms with Gasteiger partial charge < -0.3 is 5.32 Å². The molecule has 0 aliphatic carbocycles. The van der Waals surface area contributed by atoms with Crippen LogP contribution in [0.4, 0.5) is 0 Å². The van der Waals surface area contributed by atoms with E-state index in [0.717, 1.165) is 10.7 Å². The minimum atomic E-state index is 0.0332. The zero-order valence-electron chi connectivity index (χ0n) is 9.30. The number of hydrogen-bond donors (Lipinski definition) is 1. The van der Waals surface area contributed by atoms with Gasteiger partial charge in [0.2, 0.25) is 5.91 Å². The van der Waals surface area contributed by atoms with Gasteiger partial charge in [0.25, 0.3) is 0 Å². The van der Waals surface area contributed by atoms with Crippen molar-refractivity contribution in [2.24, 2.45) is 0 Å². The third kappa shape index (κ3) is 3.96. The molecule has 0 atom stereocenters. The summed E-state index contributed by atoms with van der Waals surface area (Å²) >= 11 is 1.54. The Kier molecular flexibility index (Phi) is 4.21. The molecule has 2 aromatic rings. The van der Waals surface area contributed by atoms with Crippen LogP contribution in [0, 0.1) is 0 Å². The average molecular weight is 247 g/mol. The van der Waals surface area contributed by atoms with Crippen molar-refractivity contribution in [1.29, 1.82) is 0 Å².